The Morgan fingerprint density at radius 3 is 2.26 bits per heavy atom. The first-order chi connectivity index (χ1) is 10.9. The number of methoxy groups -OCH3 is 1. The molecule has 0 aliphatic heterocycles. The maximum atomic E-state index is 12.8. The van der Waals surface area contributed by atoms with Crippen LogP contribution in [0.15, 0.2) is 48.5 Å². The van der Waals surface area contributed by atoms with Crippen molar-refractivity contribution in [1.82, 2.24) is 0 Å². The van der Waals surface area contributed by atoms with Crippen molar-refractivity contribution in [3.63, 3.8) is 0 Å². The standard InChI is InChI=1S/C16H16FNO4S/c1-22-15-8-6-14(7-9-15)18-16(19)11-23(20,21)10-12-2-4-13(17)5-3-12/h2-9H,10-11H2,1H3,(H,18,19). The fraction of sp³-hybridized carbons (Fsp3) is 0.188. The van der Waals surface area contributed by atoms with Crippen LogP contribution in [0.4, 0.5) is 10.1 Å². The van der Waals surface area contributed by atoms with Gasteiger partial charge in [0.1, 0.15) is 17.3 Å². The number of rotatable bonds is 6. The predicted molar refractivity (Wildman–Crippen MR) is 85.5 cm³/mol. The largest absolute Gasteiger partial charge is 0.497 e. The molecule has 0 radical (unpaired) electrons. The van der Waals surface area contributed by atoms with Gasteiger partial charge in [-0.2, -0.15) is 0 Å². The Hall–Kier alpha value is -2.41. The molecule has 0 spiro atoms. The number of sulfone groups is 1. The molecular formula is C16H16FNO4S. The van der Waals surface area contributed by atoms with Crippen LogP contribution >= 0.6 is 0 Å². The fourth-order valence-corrected chi connectivity index (χ4v) is 3.23. The number of hydrogen-bond acceptors (Lipinski definition) is 4. The number of carbonyl (C=O) groups excluding carboxylic acids is 1. The molecule has 0 aliphatic rings. The monoisotopic (exact) mass is 337 g/mol. The van der Waals surface area contributed by atoms with Crippen molar-refractivity contribution in [2.24, 2.45) is 0 Å². The number of hydrogen-bond donors (Lipinski definition) is 1. The second kappa shape index (κ2) is 7.23. The molecule has 0 heterocycles. The highest BCUT2D eigenvalue weighted by Crippen LogP contribution is 2.15. The maximum absolute atomic E-state index is 12.8. The van der Waals surface area contributed by atoms with Crippen LogP contribution in [0.5, 0.6) is 5.75 Å². The average molecular weight is 337 g/mol. The van der Waals surface area contributed by atoms with E-state index in [0.717, 1.165) is 0 Å². The van der Waals surface area contributed by atoms with Crippen LogP contribution in [-0.2, 0) is 20.4 Å². The highest BCUT2D eigenvalue weighted by molar-refractivity contribution is 7.91. The first-order valence-electron chi connectivity index (χ1n) is 6.77. The van der Waals surface area contributed by atoms with Gasteiger partial charge in [0.15, 0.2) is 9.84 Å². The van der Waals surface area contributed by atoms with Crippen molar-refractivity contribution in [3.8, 4) is 5.75 Å². The molecule has 5 nitrogen and oxygen atoms in total. The van der Waals surface area contributed by atoms with Crippen molar-refractivity contribution in [1.29, 1.82) is 0 Å². The minimum absolute atomic E-state index is 0.316. The minimum Gasteiger partial charge on any atom is -0.497 e. The van der Waals surface area contributed by atoms with Crippen LogP contribution in [0.1, 0.15) is 5.56 Å². The third kappa shape index (κ3) is 5.37. The summed E-state index contributed by atoms with van der Waals surface area (Å²) in [5.41, 5.74) is 0.913. The van der Waals surface area contributed by atoms with Crippen LogP contribution in [0.3, 0.4) is 0 Å². The highest BCUT2D eigenvalue weighted by atomic mass is 32.2. The summed E-state index contributed by atoms with van der Waals surface area (Å²) in [4.78, 5) is 11.8. The van der Waals surface area contributed by atoms with Gasteiger partial charge in [-0.25, -0.2) is 12.8 Å². The number of benzene rings is 2. The highest BCUT2D eigenvalue weighted by Gasteiger charge is 2.17. The molecule has 1 amide bonds. The van der Waals surface area contributed by atoms with Gasteiger partial charge in [-0.1, -0.05) is 12.1 Å². The molecule has 2 aromatic rings. The molecule has 7 heteroatoms. The Morgan fingerprint density at radius 2 is 1.70 bits per heavy atom. The number of amides is 1. The Labute approximate surface area is 134 Å². The fourth-order valence-electron chi connectivity index (χ4n) is 1.96. The Bertz CT molecular complexity index is 771. The number of halogens is 1. The molecule has 0 aromatic heterocycles. The first kappa shape index (κ1) is 17.0. The number of nitrogens with one attached hydrogen (secondary N) is 1. The van der Waals surface area contributed by atoms with Crippen LogP contribution in [-0.4, -0.2) is 27.2 Å². The minimum atomic E-state index is -3.64. The van der Waals surface area contributed by atoms with Crippen LogP contribution in [0.25, 0.3) is 0 Å². The van der Waals surface area contributed by atoms with Gasteiger partial charge in [0.25, 0.3) is 0 Å². The summed E-state index contributed by atoms with van der Waals surface area (Å²) in [6.07, 6.45) is 0. The van der Waals surface area contributed by atoms with E-state index in [-0.39, 0.29) is 5.75 Å². The zero-order valence-electron chi connectivity index (χ0n) is 12.5. The van der Waals surface area contributed by atoms with Crippen molar-refractivity contribution in [2.45, 2.75) is 5.75 Å². The molecule has 0 atom stereocenters. The Balaban J connectivity index is 1.96. The smallest absolute Gasteiger partial charge is 0.239 e. The van der Waals surface area contributed by atoms with Gasteiger partial charge >= 0.3 is 0 Å². The van der Waals surface area contributed by atoms with Crippen molar-refractivity contribution < 1.29 is 22.3 Å². The molecule has 2 aromatic carbocycles. The second-order valence-corrected chi connectivity index (χ2v) is 7.00. The van der Waals surface area contributed by atoms with Crippen LogP contribution in [0, 0.1) is 5.82 Å². The average Bonchev–Trinajstić information content (AvgIpc) is 2.49. The van der Waals surface area contributed by atoms with E-state index >= 15 is 0 Å². The molecule has 0 saturated carbocycles. The van der Waals surface area contributed by atoms with Crippen molar-refractivity contribution >= 4 is 21.4 Å². The van der Waals surface area contributed by atoms with Gasteiger partial charge in [-0.3, -0.25) is 4.79 Å². The summed E-state index contributed by atoms with van der Waals surface area (Å²) in [5, 5.41) is 2.51. The number of anilines is 1. The van der Waals surface area contributed by atoms with E-state index in [0.29, 0.717) is 17.0 Å². The van der Waals surface area contributed by atoms with E-state index in [1.54, 1.807) is 24.3 Å². The zero-order chi connectivity index (χ0) is 16.9. The molecule has 0 fully saturated rings. The lowest BCUT2D eigenvalue weighted by molar-refractivity contribution is -0.113. The lowest BCUT2D eigenvalue weighted by atomic mass is 10.2. The molecule has 122 valence electrons. The van der Waals surface area contributed by atoms with E-state index in [4.69, 9.17) is 4.74 Å². The van der Waals surface area contributed by atoms with Gasteiger partial charge < -0.3 is 10.1 Å². The van der Waals surface area contributed by atoms with Gasteiger partial charge in [-0.05, 0) is 42.0 Å². The van der Waals surface area contributed by atoms with Gasteiger partial charge in [-0.15, -0.1) is 0 Å². The topological polar surface area (TPSA) is 72.5 Å². The van der Waals surface area contributed by atoms with Crippen LogP contribution < -0.4 is 10.1 Å². The number of ether oxygens (including phenoxy) is 1. The summed E-state index contributed by atoms with van der Waals surface area (Å²) in [7, 11) is -2.12. The van der Waals surface area contributed by atoms with E-state index in [2.05, 4.69) is 5.32 Å². The quantitative estimate of drug-likeness (QED) is 0.878. The van der Waals surface area contributed by atoms with Gasteiger partial charge in [0.2, 0.25) is 5.91 Å². The summed E-state index contributed by atoms with van der Waals surface area (Å²) in [6, 6.07) is 11.7. The maximum Gasteiger partial charge on any atom is 0.239 e. The molecule has 0 unspecified atom stereocenters. The van der Waals surface area contributed by atoms with Gasteiger partial charge in [0.05, 0.1) is 12.9 Å². The molecule has 1 N–H and O–H groups in total. The van der Waals surface area contributed by atoms with E-state index < -0.39 is 27.3 Å². The number of carbonyl (C=O) groups is 1. The molecule has 23 heavy (non-hydrogen) atoms. The molecule has 0 bridgehead atoms. The van der Waals surface area contributed by atoms with Crippen LogP contribution in [0.2, 0.25) is 0 Å². The normalized spacial score (nSPS) is 11.0. The van der Waals surface area contributed by atoms with Crippen molar-refractivity contribution in [3.05, 3.63) is 59.9 Å². The third-order valence-electron chi connectivity index (χ3n) is 3.02. The summed E-state index contributed by atoms with van der Waals surface area (Å²) in [5.74, 6) is -1.40. The zero-order valence-corrected chi connectivity index (χ0v) is 13.3. The Kier molecular flexibility index (Phi) is 5.33. The lowest BCUT2D eigenvalue weighted by Crippen LogP contribution is -2.23. The summed E-state index contributed by atoms with van der Waals surface area (Å²) >= 11 is 0. The molecule has 0 saturated heterocycles. The van der Waals surface area contributed by atoms with Crippen molar-refractivity contribution in [2.75, 3.05) is 18.2 Å². The second-order valence-electron chi connectivity index (χ2n) is 4.94. The van der Waals surface area contributed by atoms with Gasteiger partial charge in [0, 0.05) is 5.69 Å². The molecular weight excluding hydrogens is 321 g/mol. The predicted octanol–water partition coefficient (Wildman–Crippen LogP) is 2.39. The van der Waals surface area contributed by atoms with E-state index in [1.807, 2.05) is 0 Å². The Morgan fingerprint density at radius 1 is 1.09 bits per heavy atom. The van der Waals surface area contributed by atoms with E-state index in [9.17, 15) is 17.6 Å². The van der Waals surface area contributed by atoms with E-state index in [1.165, 1.54) is 31.4 Å². The first-order valence-corrected chi connectivity index (χ1v) is 8.59. The third-order valence-corrected chi connectivity index (χ3v) is 4.50. The summed E-state index contributed by atoms with van der Waals surface area (Å²) in [6.45, 7) is 0. The summed E-state index contributed by atoms with van der Waals surface area (Å²) < 4.78 is 41.8. The SMILES string of the molecule is COc1ccc(NC(=O)CS(=O)(=O)Cc2ccc(F)cc2)cc1. The lowest BCUT2D eigenvalue weighted by Gasteiger charge is -2.07. The molecule has 2 rings (SSSR count). The molecule has 0 aliphatic carbocycles.